The average Bonchev–Trinajstić information content (AvgIpc) is 2.50. The molecular formula is C12H21NO. The lowest BCUT2D eigenvalue weighted by Crippen LogP contribution is -2.24. The highest BCUT2D eigenvalue weighted by Gasteiger charge is 2.14. The minimum absolute atomic E-state index is 0.658. The Balaban J connectivity index is 2.55. The second kappa shape index (κ2) is 5.20. The lowest BCUT2D eigenvalue weighted by atomic mass is 9.91. The van der Waals surface area contributed by atoms with E-state index in [0.717, 1.165) is 24.5 Å². The van der Waals surface area contributed by atoms with Crippen LogP contribution in [0.5, 0.6) is 0 Å². The minimum atomic E-state index is 0.658. The van der Waals surface area contributed by atoms with E-state index in [1.54, 1.807) is 0 Å². The Morgan fingerprint density at radius 3 is 2.50 bits per heavy atom. The zero-order chi connectivity index (χ0) is 10.6. The number of furan rings is 1. The maximum Gasteiger partial charge on any atom is 0.104 e. The summed E-state index contributed by atoms with van der Waals surface area (Å²) in [5.41, 5.74) is 0. The van der Waals surface area contributed by atoms with Gasteiger partial charge in [-0.2, -0.15) is 0 Å². The molecule has 1 aromatic rings. The quantitative estimate of drug-likeness (QED) is 0.781. The van der Waals surface area contributed by atoms with Crippen LogP contribution in [-0.2, 0) is 6.42 Å². The molecule has 0 aliphatic heterocycles. The van der Waals surface area contributed by atoms with Crippen molar-refractivity contribution in [2.75, 3.05) is 13.6 Å². The van der Waals surface area contributed by atoms with Crippen molar-refractivity contribution in [3.05, 3.63) is 23.7 Å². The minimum Gasteiger partial charge on any atom is -0.466 e. The highest BCUT2D eigenvalue weighted by molar-refractivity contribution is 5.06. The van der Waals surface area contributed by atoms with Gasteiger partial charge < -0.3 is 9.73 Å². The van der Waals surface area contributed by atoms with Gasteiger partial charge in [-0.3, -0.25) is 0 Å². The monoisotopic (exact) mass is 195 g/mol. The zero-order valence-corrected chi connectivity index (χ0v) is 9.63. The molecule has 0 spiro atoms. The van der Waals surface area contributed by atoms with E-state index in [-0.39, 0.29) is 0 Å². The van der Waals surface area contributed by atoms with Gasteiger partial charge in [0.15, 0.2) is 0 Å². The van der Waals surface area contributed by atoms with E-state index in [2.05, 4.69) is 25.2 Å². The van der Waals surface area contributed by atoms with Gasteiger partial charge in [-0.15, -0.1) is 0 Å². The summed E-state index contributed by atoms with van der Waals surface area (Å²) in [7, 11) is 2.00. The molecule has 1 aromatic heterocycles. The Labute approximate surface area is 86.7 Å². The third kappa shape index (κ3) is 3.18. The van der Waals surface area contributed by atoms with Gasteiger partial charge in [0, 0.05) is 6.42 Å². The van der Waals surface area contributed by atoms with E-state index < -0.39 is 0 Å². The summed E-state index contributed by atoms with van der Waals surface area (Å²) in [5.74, 6) is 3.46. The van der Waals surface area contributed by atoms with Gasteiger partial charge in [-0.05, 0) is 44.5 Å². The van der Waals surface area contributed by atoms with Crippen LogP contribution in [-0.4, -0.2) is 13.6 Å². The fourth-order valence-corrected chi connectivity index (χ4v) is 1.66. The molecule has 0 saturated heterocycles. The number of aryl methyl sites for hydroxylation is 1. The standard InChI is InChI=1S/C12H21NO/c1-9(2)11(8-13-4)7-12-6-5-10(3)14-12/h5-6,9,11,13H,7-8H2,1-4H3. The molecule has 0 fully saturated rings. The first-order valence-electron chi connectivity index (χ1n) is 5.33. The second-order valence-electron chi connectivity index (χ2n) is 4.28. The molecule has 14 heavy (non-hydrogen) atoms. The third-order valence-electron chi connectivity index (χ3n) is 2.67. The number of nitrogens with one attached hydrogen (secondary N) is 1. The molecule has 1 rings (SSSR count). The SMILES string of the molecule is CNCC(Cc1ccc(C)o1)C(C)C. The first-order chi connectivity index (χ1) is 6.63. The van der Waals surface area contributed by atoms with Gasteiger partial charge in [0.05, 0.1) is 0 Å². The highest BCUT2D eigenvalue weighted by atomic mass is 16.3. The lowest BCUT2D eigenvalue weighted by molar-refractivity contribution is 0.339. The van der Waals surface area contributed by atoms with Crippen molar-refractivity contribution in [2.45, 2.75) is 27.2 Å². The highest BCUT2D eigenvalue weighted by Crippen LogP contribution is 2.18. The van der Waals surface area contributed by atoms with E-state index in [4.69, 9.17) is 4.42 Å². The molecule has 1 heterocycles. The Kier molecular flexibility index (Phi) is 4.21. The predicted octanol–water partition coefficient (Wildman–Crippen LogP) is 2.62. The molecule has 0 radical (unpaired) electrons. The number of hydrogen-bond acceptors (Lipinski definition) is 2. The lowest BCUT2D eigenvalue weighted by Gasteiger charge is -2.19. The Morgan fingerprint density at radius 2 is 2.07 bits per heavy atom. The van der Waals surface area contributed by atoms with E-state index in [0.29, 0.717) is 11.8 Å². The van der Waals surface area contributed by atoms with Gasteiger partial charge in [-0.1, -0.05) is 13.8 Å². The summed E-state index contributed by atoms with van der Waals surface area (Å²) in [6.45, 7) is 7.57. The van der Waals surface area contributed by atoms with Crippen LogP contribution in [0.4, 0.5) is 0 Å². The molecule has 0 aliphatic rings. The molecule has 0 bridgehead atoms. The van der Waals surface area contributed by atoms with E-state index >= 15 is 0 Å². The number of rotatable bonds is 5. The van der Waals surface area contributed by atoms with Crippen LogP contribution >= 0.6 is 0 Å². The first kappa shape index (κ1) is 11.3. The van der Waals surface area contributed by atoms with Gasteiger partial charge in [0.2, 0.25) is 0 Å². The summed E-state index contributed by atoms with van der Waals surface area (Å²) in [4.78, 5) is 0. The Bertz CT molecular complexity index is 265. The van der Waals surface area contributed by atoms with Crippen LogP contribution in [0, 0.1) is 18.8 Å². The molecule has 2 heteroatoms. The molecular weight excluding hydrogens is 174 g/mol. The van der Waals surface area contributed by atoms with Crippen molar-refractivity contribution in [1.82, 2.24) is 5.32 Å². The molecule has 80 valence electrons. The number of hydrogen-bond donors (Lipinski definition) is 1. The fourth-order valence-electron chi connectivity index (χ4n) is 1.66. The van der Waals surface area contributed by atoms with Crippen molar-refractivity contribution < 1.29 is 4.42 Å². The molecule has 1 N–H and O–H groups in total. The summed E-state index contributed by atoms with van der Waals surface area (Å²) in [6, 6.07) is 4.12. The van der Waals surface area contributed by atoms with Gasteiger partial charge in [0.25, 0.3) is 0 Å². The molecule has 2 nitrogen and oxygen atoms in total. The second-order valence-corrected chi connectivity index (χ2v) is 4.28. The molecule has 0 aromatic carbocycles. The van der Waals surface area contributed by atoms with Gasteiger partial charge in [-0.25, -0.2) is 0 Å². The normalized spacial score (nSPS) is 13.5. The zero-order valence-electron chi connectivity index (χ0n) is 9.63. The third-order valence-corrected chi connectivity index (χ3v) is 2.67. The summed E-state index contributed by atoms with van der Waals surface area (Å²) >= 11 is 0. The van der Waals surface area contributed by atoms with Crippen LogP contribution in [0.2, 0.25) is 0 Å². The van der Waals surface area contributed by atoms with Crippen LogP contribution in [0.15, 0.2) is 16.5 Å². The van der Waals surface area contributed by atoms with Crippen molar-refractivity contribution >= 4 is 0 Å². The van der Waals surface area contributed by atoms with Crippen molar-refractivity contribution in [3.8, 4) is 0 Å². The predicted molar refractivity (Wildman–Crippen MR) is 59.4 cm³/mol. The van der Waals surface area contributed by atoms with E-state index in [9.17, 15) is 0 Å². The molecule has 1 atom stereocenters. The summed E-state index contributed by atoms with van der Waals surface area (Å²) < 4.78 is 5.58. The Morgan fingerprint density at radius 1 is 1.36 bits per heavy atom. The summed E-state index contributed by atoms with van der Waals surface area (Å²) in [6.07, 6.45) is 1.03. The largest absolute Gasteiger partial charge is 0.466 e. The smallest absolute Gasteiger partial charge is 0.104 e. The van der Waals surface area contributed by atoms with E-state index in [1.807, 2.05) is 20.0 Å². The van der Waals surface area contributed by atoms with Gasteiger partial charge in [0.1, 0.15) is 11.5 Å². The first-order valence-corrected chi connectivity index (χ1v) is 5.33. The maximum absolute atomic E-state index is 5.58. The van der Waals surface area contributed by atoms with Crippen molar-refractivity contribution in [1.29, 1.82) is 0 Å². The van der Waals surface area contributed by atoms with Crippen LogP contribution in [0.3, 0.4) is 0 Å². The Hall–Kier alpha value is -0.760. The van der Waals surface area contributed by atoms with Crippen molar-refractivity contribution in [3.63, 3.8) is 0 Å². The molecule has 1 unspecified atom stereocenters. The molecule has 0 saturated carbocycles. The molecule has 0 amide bonds. The average molecular weight is 195 g/mol. The van der Waals surface area contributed by atoms with Gasteiger partial charge >= 0.3 is 0 Å². The maximum atomic E-state index is 5.58. The summed E-state index contributed by atoms with van der Waals surface area (Å²) in [5, 5.41) is 3.23. The van der Waals surface area contributed by atoms with E-state index in [1.165, 1.54) is 0 Å². The van der Waals surface area contributed by atoms with Crippen LogP contribution in [0.25, 0.3) is 0 Å². The topological polar surface area (TPSA) is 25.2 Å². The van der Waals surface area contributed by atoms with Crippen LogP contribution in [0.1, 0.15) is 25.4 Å². The molecule has 0 aliphatic carbocycles. The van der Waals surface area contributed by atoms with Crippen LogP contribution < -0.4 is 5.32 Å². The van der Waals surface area contributed by atoms with Crippen molar-refractivity contribution in [2.24, 2.45) is 11.8 Å². The fraction of sp³-hybridized carbons (Fsp3) is 0.667.